The molecule has 0 radical (unpaired) electrons. The molecule has 2 aromatic rings. The number of carbonyl (C=O) groups is 1. The Balaban J connectivity index is 2.20. The van der Waals surface area contributed by atoms with Gasteiger partial charge in [-0.15, -0.1) is 0 Å². The minimum absolute atomic E-state index is 0.0312. The first kappa shape index (κ1) is 16.5. The van der Waals surface area contributed by atoms with Crippen molar-refractivity contribution < 1.29 is 14.5 Å². The summed E-state index contributed by atoms with van der Waals surface area (Å²) in [5.41, 5.74) is 0.0754. The molecule has 0 amide bonds. The van der Waals surface area contributed by atoms with E-state index in [2.05, 4.69) is 0 Å². The summed E-state index contributed by atoms with van der Waals surface area (Å²) in [6, 6.07) is 8.65. The number of nitro benzene ring substituents is 1. The lowest BCUT2D eigenvalue weighted by Gasteiger charge is -2.09. The molecule has 22 heavy (non-hydrogen) atoms. The molecule has 0 unspecified atom stereocenters. The molecule has 0 fully saturated rings. The van der Waals surface area contributed by atoms with Gasteiger partial charge in [-0.2, -0.15) is 0 Å². The first-order chi connectivity index (χ1) is 10.4. The van der Waals surface area contributed by atoms with Gasteiger partial charge in [0.25, 0.3) is 5.69 Å². The summed E-state index contributed by atoms with van der Waals surface area (Å²) in [6.07, 6.45) is -0.285. The van der Waals surface area contributed by atoms with Gasteiger partial charge in [-0.25, -0.2) is 0 Å². The minimum Gasteiger partial charge on any atom is -0.423 e. The summed E-state index contributed by atoms with van der Waals surface area (Å²) in [5.74, 6) is -0.753. The molecule has 0 aliphatic rings. The summed E-state index contributed by atoms with van der Waals surface area (Å²) < 4.78 is 5.09. The number of para-hydroxylation sites is 1. The molecule has 0 heterocycles. The lowest BCUT2D eigenvalue weighted by molar-refractivity contribution is -0.385. The Labute approximate surface area is 140 Å². The van der Waals surface area contributed by atoms with Crippen molar-refractivity contribution in [2.75, 3.05) is 0 Å². The van der Waals surface area contributed by atoms with Crippen LogP contribution in [0, 0.1) is 10.1 Å². The van der Waals surface area contributed by atoms with Crippen molar-refractivity contribution in [3.05, 3.63) is 67.1 Å². The van der Waals surface area contributed by atoms with Crippen molar-refractivity contribution in [1.82, 2.24) is 0 Å². The summed E-state index contributed by atoms with van der Waals surface area (Å²) in [5, 5.41) is 11.4. The molecule has 0 aliphatic carbocycles. The van der Waals surface area contributed by atoms with Crippen LogP contribution in [0.1, 0.15) is 5.56 Å². The highest BCUT2D eigenvalue weighted by atomic mass is 35.5. The fourth-order valence-corrected chi connectivity index (χ4v) is 2.66. The second-order valence-electron chi connectivity index (χ2n) is 4.24. The van der Waals surface area contributed by atoms with E-state index < -0.39 is 10.9 Å². The summed E-state index contributed by atoms with van der Waals surface area (Å²) in [6.45, 7) is 0. The van der Waals surface area contributed by atoms with E-state index >= 15 is 0 Å². The smallest absolute Gasteiger partial charge is 0.316 e. The van der Waals surface area contributed by atoms with Gasteiger partial charge < -0.3 is 4.74 Å². The van der Waals surface area contributed by atoms with E-state index in [1.54, 1.807) is 6.07 Å². The third-order valence-electron chi connectivity index (χ3n) is 2.70. The molecule has 114 valence electrons. The van der Waals surface area contributed by atoms with Crippen LogP contribution < -0.4 is 4.74 Å². The molecule has 5 nitrogen and oxygen atoms in total. The normalized spacial score (nSPS) is 10.3. The highest BCUT2D eigenvalue weighted by Gasteiger charge is 2.19. The van der Waals surface area contributed by atoms with Crippen molar-refractivity contribution in [3.63, 3.8) is 0 Å². The van der Waals surface area contributed by atoms with Gasteiger partial charge in [0.2, 0.25) is 0 Å². The fraction of sp³-hybridized carbons (Fsp3) is 0.0714. The Bertz CT molecular complexity index is 726. The Morgan fingerprint density at radius 1 is 1.14 bits per heavy atom. The first-order valence-corrected chi connectivity index (χ1v) is 7.09. The number of rotatable bonds is 4. The van der Waals surface area contributed by atoms with Gasteiger partial charge in [0.05, 0.1) is 21.4 Å². The zero-order chi connectivity index (χ0) is 16.3. The predicted molar refractivity (Wildman–Crippen MR) is 83.9 cm³/mol. The van der Waals surface area contributed by atoms with Gasteiger partial charge in [-0.3, -0.25) is 14.9 Å². The Morgan fingerprint density at radius 2 is 1.73 bits per heavy atom. The molecule has 0 bridgehead atoms. The van der Waals surface area contributed by atoms with Crippen molar-refractivity contribution >= 4 is 46.5 Å². The van der Waals surface area contributed by atoms with E-state index in [0.29, 0.717) is 5.02 Å². The molecule has 0 saturated heterocycles. The second-order valence-corrected chi connectivity index (χ2v) is 5.49. The van der Waals surface area contributed by atoms with E-state index in [0.717, 1.165) is 0 Å². The summed E-state index contributed by atoms with van der Waals surface area (Å²) in [4.78, 5) is 22.3. The third-order valence-corrected chi connectivity index (χ3v) is 3.48. The molecular formula is C14H8Cl3NO4. The van der Waals surface area contributed by atoms with Crippen LogP contribution in [0.5, 0.6) is 5.75 Å². The number of ether oxygens (including phenoxy) is 1. The Kier molecular flexibility index (Phi) is 5.24. The maximum atomic E-state index is 12.0. The number of nitro groups is 1. The predicted octanol–water partition coefficient (Wildman–Crippen LogP) is 4.70. The van der Waals surface area contributed by atoms with Crippen LogP contribution in [-0.4, -0.2) is 10.9 Å². The van der Waals surface area contributed by atoms with Crippen LogP contribution in [0.2, 0.25) is 15.1 Å². The number of benzene rings is 2. The van der Waals surface area contributed by atoms with Gasteiger partial charge in [-0.05, 0) is 12.1 Å². The van der Waals surface area contributed by atoms with Crippen LogP contribution in [0.4, 0.5) is 5.69 Å². The van der Waals surface area contributed by atoms with Gasteiger partial charge >= 0.3 is 5.97 Å². The van der Waals surface area contributed by atoms with Gasteiger partial charge in [0.15, 0.2) is 5.75 Å². The monoisotopic (exact) mass is 359 g/mol. The quantitative estimate of drug-likeness (QED) is 0.343. The average Bonchev–Trinajstić information content (AvgIpc) is 2.43. The standard InChI is InChI=1S/C14H8Cl3NO4/c15-9-6-10(16)14(11(17)7-9)22-13(19)5-8-3-1-2-4-12(8)18(20)21/h1-4,6-7H,5H2. The Hall–Kier alpha value is -1.82. The van der Waals surface area contributed by atoms with Crippen LogP contribution in [0.25, 0.3) is 0 Å². The average molecular weight is 361 g/mol. The van der Waals surface area contributed by atoms with Crippen molar-refractivity contribution in [3.8, 4) is 5.75 Å². The topological polar surface area (TPSA) is 69.4 Å². The fourth-order valence-electron chi connectivity index (χ4n) is 1.77. The van der Waals surface area contributed by atoms with Crippen molar-refractivity contribution in [2.24, 2.45) is 0 Å². The largest absolute Gasteiger partial charge is 0.423 e. The molecular weight excluding hydrogens is 353 g/mol. The maximum absolute atomic E-state index is 12.0. The molecule has 8 heteroatoms. The lowest BCUT2D eigenvalue weighted by atomic mass is 10.1. The molecule has 2 aromatic carbocycles. The lowest BCUT2D eigenvalue weighted by Crippen LogP contribution is -2.13. The number of hydrogen-bond acceptors (Lipinski definition) is 4. The highest BCUT2D eigenvalue weighted by molar-refractivity contribution is 6.40. The SMILES string of the molecule is O=C(Cc1ccccc1[N+](=O)[O-])Oc1c(Cl)cc(Cl)cc1Cl. The minimum atomic E-state index is -0.722. The van der Waals surface area contributed by atoms with Gasteiger partial charge in [0.1, 0.15) is 0 Å². The molecule has 0 aliphatic heterocycles. The molecule has 0 saturated carbocycles. The van der Waals surface area contributed by atoms with E-state index in [1.807, 2.05) is 0 Å². The van der Waals surface area contributed by atoms with Crippen LogP contribution in [-0.2, 0) is 11.2 Å². The number of carbonyl (C=O) groups excluding carboxylic acids is 1. The zero-order valence-electron chi connectivity index (χ0n) is 10.9. The number of nitrogens with zero attached hydrogens (tertiary/aromatic N) is 1. The van der Waals surface area contributed by atoms with Crippen LogP contribution >= 0.6 is 34.8 Å². The first-order valence-electron chi connectivity index (χ1n) is 5.96. The number of esters is 1. The van der Waals surface area contributed by atoms with E-state index in [1.165, 1.54) is 30.3 Å². The molecule has 0 atom stereocenters. The van der Waals surface area contributed by atoms with Crippen molar-refractivity contribution in [1.29, 1.82) is 0 Å². The Morgan fingerprint density at radius 3 is 2.32 bits per heavy atom. The van der Waals surface area contributed by atoms with Gasteiger partial charge in [-0.1, -0.05) is 53.0 Å². The molecule has 0 aromatic heterocycles. The zero-order valence-corrected chi connectivity index (χ0v) is 13.2. The molecule has 0 spiro atoms. The highest BCUT2D eigenvalue weighted by Crippen LogP contribution is 2.36. The van der Waals surface area contributed by atoms with Crippen molar-refractivity contribution in [2.45, 2.75) is 6.42 Å². The second kappa shape index (κ2) is 6.96. The third kappa shape index (κ3) is 3.88. The van der Waals surface area contributed by atoms with E-state index in [4.69, 9.17) is 39.5 Å². The molecule has 2 rings (SSSR count). The van der Waals surface area contributed by atoms with Crippen LogP contribution in [0.15, 0.2) is 36.4 Å². The van der Waals surface area contributed by atoms with E-state index in [-0.39, 0.29) is 33.5 Å². The maximum Gasteiger partial charge on any atom is 0.316 e. The van der Waals surface area contributed by atoms with E-state index in [9.17, 15) is 14.9 Å². The summed E-state index contributed by atoms with van der Waals surface area (Å²) >= 11 is 17.6. The number of hydrogen-bond donors (Lipinski definition) is 0. The van der Waals surface area contributed by atoms with Crippen LogP contribution in [0.3, 0.4) is 0 Å². The summed E-state index contributed by atoms with van der Waals surface area (Å²) in [7, 11) is 0. The number of halogens is 3. The molecule has 0 N–H and O–H groups in total. The van der Waals surface area contributed by atoms with Gasteiger partial charge in [0, 0.05) is 16.7 Å².